The van der Waals surface area contributed by atoms with Gasteiger partial charge in [-0.1, -0.05) is 0 Å². The van der Waals surface area contributed by atoms with Gasteiger partial charge in [-0.15, -0.1) is 0 Å². The Morgan fingerprint density at radius 1 is 1.33 bits per heavy atom. The van der Waals surface area contributed by atoms with Crippen LogP contribution in [-0.2, 0) is 6.54 Å². The van der Waals surface area contributed by atoms with Gasteiger partial charge in [0.1, 0.15) is 5.75 Å². The van der Waals surface area contributed by atoms with Gasteiger partial charge in [0.15, 0.2) is 0 Å². The third-order valence-corrected chi connectivity index (χ3v) is 4.36. The number of ether oxygens (including phenoxy) is 1. The highest BCUT2D eigenvalue weighted by atomic mass is 127. The molecule has 0 fully saturated rings. The molecule has 12 heavy (non-hydrogen) atoms. The summed E-state index contributed by atoms with van der Waals surface area (Å²) >= 11 is 4.57. The monoisotopic (exact) mass is 389 g/mol. The average Bonchev–Trinajstić information content (AvgIpc) is 2.09. The third-order valence-electron chi connectivity index (χ3n) is 1.54. The van der Waals surface area contributed by atoms with E-state index in [1.54, 1.807) is 7.11 Å². The molecule has 0 spiro atoms. The van der Waals surface area contributed by atoms with Crippen LogP contribution in [0.3, 0.4) is 0 Å². The summed E-state index contributed by atoms with van der Waals surface area (Å²) < 4.78 is 7.60. The molecule has 0 amide bonds. The molecule has 0 heterocycles. The SMILES string of the molecule is COc1cc(I)c(I)cc1CN. The fraction of sp³-hybridized carbons (Fsp3) is 0.250. The van der Waals surface area contributed by atoms with E-state index in [9.17, 15) is 0 Å². The first kappa shape index (κ1) is 10.5. The molecule has 0 saturated carbocycles. The topological polar surface area (TPSA) is 35.2 Å². The minimum atomic E-state index is 0.524. The van der Waals surface area contributed by atoms with E-state index in [1.165, 1.54) is 7.14 Å². The quantitative estimate of drug-likeness (QED) is 0.789. The van der Waals surface area contributed by atoms with E-state index in [4.69, 9.17) is 10.5 Å². The summed E-state index contributed by atoms with van der Waals surface area (Å²) in [7, 11) is 1.66. The van der Waals surface area contributed by atoms with Gasteiger partial charge in [-0.3, -0.25) is 0 Å². The van der Waals surface area contributed by atoms with Crippen LogP contribution in [0, 0.1) is 7.14 Å². The molecule has 1 rings (SSSR count). The van der Waals surface area contributed by atoms with Crippen LogP contribution in [0.25, 0.3) is 0 Å². The molecule has 0 aliphatic heterocycles. The minimum absolute atomic E-state index is 0.524. The number of nitrogens with two attached hydrogens (primary N) is 1. The zero-order valence-corrected chi connectivity index (χ0v) is 10.9. The van der Waals surface area contributed by atoms with E-state index in [-0.39, 0.29) is 0 Å². The molecular formula is C8H9I2NO. The van der Waals surface area contributed by atoms with Crippen LogP contribution < -0.4 is 10.5 Å². The van der Waals surface area contributed by atoms with Gasteiger partial charge in [-0.05, 0) is 57.3 Å². The normalized spacial score (nSPS) is 10.0. The zero-order chi connectivity index (χ0) is 9.14. The Balaban J connectivity index is 3.19. The van der Waals surface area contributed by atoms with Gasteiger partial charge in [-0.25, -0.2) is 0 Å². The van der Waals surface area contributed by atoms with Crippen molar-refractivity contribution in [1.29, 1.82) is 0 Å². The molecule has 0 atom stereocenters. The van der Waals surface area contributed by atoms with E-state index in [2.05, 4.69) is 51.2 Å². The lowest BCUT2D eigenvalue weighted by Crippen LogP contribution is -2.01. The summed E-state index contributed by atoms with van der Waals surface area (Å²) in [6.07, 6.45) is 0. The predicted molar refractivity (Wildman–Crippen MR) is 66.3 cm³/mol. The van der Waals surface area contributed by atoms with Crippen molar-refractivity contribution in [3.8, 4) is 5.75 Å². The van der Waals surface area contributed by atoms with E-state index < -0.39 is 0 Å². The summed E-state index contributed by atoms with van der Waals surface area (Å²) in [4.78, 5) is 0. The molecule has 0 saturated heterocycles. The molecule has 0 unspecified atom stereocenters. The van der Waals surface area contributed by atoms with Gasteiger partial charge in [0.2, 0.25) is 0 Å². The molecule has 66 valence electrons. The van der Waals surface area contributed by atoms with Crippen molar-refractivity contribution in [3.63, 3.8) is 0 Å². The molecule has 1 aromatic rings. The molecular weight excluding hydrogens is 380 g/mol. The molecule has 4 heteroatoms. The Kier molecular flexibility index (Phi) is 4.04. The second-order valence-corrected chi connectivity index (χ2v) is 4.61. The number of halogens is 2. The van der Waals surface area contributed by atoms with Gasteiger partial charge in [0.05, 0.1) is 7.11 Å². The maximum absolute atomic E-state index is 5.56. The predicted octanol–water partition coefficient (Wildman–Crippen LogP) is 2.36. The highest BCUT2D eigenvalue weighted by molar-refractivity contribution is 14.1. The Bertz CT molecular complexity index is 260. The first-order valence-electron chi connectivity index (χ1n) is 3.41. The second-order valence-electron chi connectivity index (χ2n) is 2.28. The summed E-state index contributed by atoms with van der Waals surface area (Å²) in [6, 6.07) is 4.06. The smallest absolute Gasteiger partial charge is 0.124 e. The zero-order valence-electron chi connectivity index (χ0n) is 6.60. The number of hydrogen-bond donors (Lipinski definition) is 1. The van der Waals surface area contributed by atoms with Crippen molar-refractivity contribution in [2.75, 3.05) is 7.11 Å². The van der Waals surface area contributed by atoms with Crippen molar-refractivity contribution >= 4 is 45.2 Å². The summed E-state index contributed by atoms with van der Waals surface area (Å²) in [5.74, 6) is 0.877. The number of rotatable bonds is 2. The Hall–Kier alpha value is 0.440. The minimum Gasteiger partial charge on any atom is -0.496 e. The van der Waals surface area contributed by atoms with Crippen molar-refractivity contribution in [3.05, 3.63) is 24.8 Å². The summed E-state index contributed by atoms with van der Waals surface area (Å²) in [6.45, 7) is 0.524. The van der Waals surface area contributed by atoms with Crippen LogP contribution in [-0.4, -0.2) is 7.11 Å². The lowest BCUT2D eigenvalue weighted by atomic mass is 10.2. The van der Waals surface area contributed by atoms with E-state index in [0.717, 1.165) is 11.3 Å². The third kappa shape index (κ3) is 2.23. The lowest BCUT2D eigenvalue weighted by molar-refractivity contribution is 0.409. The fourth-order valence-electron chi connectivity index (χ4n) is 0.919. The fourth-order valence-corrected chi connectivity index (χ4v) is 1.89. The van der Waals surface area contributed by atoms with Gasteiger partial charge in [-0.2, -0.15) is 0 Å². The van der Waals surface area contributed by atoms with Crippen molar-refractivity contribution in [2.45, 2.75) is 6.54 Å². The molecule has 0 aromatic heterocycles. The maximum atomic E-state index is 5.56. The van der Waals surface area contributed by atoms with Crippen LogP contribution in [0.5, 0.6) is 5.75 Å². The highest BCUT2D eigenvalue weighted by Crippen LogP contribution is 2.25. The van der Waals surface area contributed by atoms with Crippen LogP contribution in [0.4, 0.5) is 0 Å². The van der Waals surface area contributed by atoms with Crippen molar-refractivity contribution in [2.24, 2.45) is 5.73 Å². The average molecular weight is 389 g/mol. The van der Waals surface area contributed by atoms with Crippen molar-refractivity contribution < 1.29 is 4.74 Å². The van der Waals surface area contributed by atoms with Crippen LogP contribution in [0.15, 0.2) is 12.1 Å². The largest absolute Gasteiger partial charge is 0.496 e. The van der Waals surface area contributed by atoms with E-state index in [0.29, 0.717) is 6.54 Å². The second kappa shape index (κ2) is 4.61. The first-order chi connectivity index (χ1) is 5.69. The van der Waals surface area contributed by atoms with E-state index in [1.807, 2.05) is 6.07 Å². The molecule has 0 bridgehead atoms. The molecule has 0 aliphatic carbocycles. The van der Waals surface area contributed by atoms with Gasteiger partial charge >= 0.3 is 0 Å². The van der Waals surface area contributed by atoms with Gasteiger partial charge < -0.3 is 10.5 Å². The van der Waals surface area contributed by atoms with E-state index >= 15 is 0 Å². The molecule has 0 aliphatic rings. The molecule has 1 aromatic carbocycles. The Morgan fingerprint density at radius 3 is 2.42 bits per heavy atom. The van der Waals surface area contributed by atoms with Gasteiger partial charge in [0, 0.05) is 19.2 Å². The standard InChI is InChI=1S/C8H9I2NO/c1-12-8-3-7(10)6(9)2-5(8)4-11/h2-3H,4,11H2,1H3. The Labute approximate surface area is 99.1 Å². The molecule has 0 radical (unpaired) electrons. The maximum Gasteiger partial charge on any atom is 0.124 e. The summed E-state index contributed by atoms with van der Waals surface area (Å²) in [5, 5.41) is 0. The summed E-state index contributed by atoms with van der Waals surface area (Å²) in [5.41, 5.74) is 6.62. The molecule has 2 N–H and O–H groups in total. The molecule has 2 nitrogen and oxygen atoms in total. The number of methoxy groups -OCH3 is 1. The Morgan fingerprint density at radius 2 is 1.92 bits per heavy atom. The number of benzene rings is 1. The first-order valence-corrected chi connectivity index (χ1v) is 5.56. The van der Waals surface area contributed by atoms with Gasteiger partial charge in [0.25, 0.3) is 0 Å². The number of hydrogen-bond acceptors (Lipinski definition) is 2. The lowest BCUT2D eigenvalue weighted by Gasteiger charge is -2.07. The van der Waals surface area contributed by atoms with Crippen LogP contribution >= 0.6 is 45.2 Å². The highest BCUT2D eigenvalue weighted by Gasteiger charge is 2.04. The van der Waals surface area contributed by atoms with Crippen molar-refractivity contribution in [1.82, 2.24) is 0 Å². The van der Waals surface area contributed by atoms with Crippen LogP contribution in [0.2, 0.25) is 0 Å². The van der Waals surface area contributed by atoms with Crippen LogP contribution in [0.1, 0.15) is 5.56 Å².